The minimum Gasteiger partial charge on any atom is -0.370 e. The Labute approximate surface area is 246 Å². The highest BCUT2D eigenvalue weighted by Gasteiger charge is 2.11. The Bertz CT molecular complexity index is 1230. The van der Waals surface area contributed by atoms with Crippen LogP contribution in [0.25, 0.3) is 0 Å². The molecule has 6 heteroatoms. The largest absolute Gasteiger partial charge is 0.370 e. The lowest BCUT2D eigenvalue weighted by molar-refractivity contribution is 0.742. The molecule has 0 radical (unpaired) electrons. The van der Waals surface area contributed by atoms with E-state index in [9.17, 15) is 0 Å². The highest BCUT2D eigenvalue weighted by molar-refractivity contribution is 5.99. The molecule has 3 aromatic rings. The number of halogens is 2. The summed E-state index contributed by atoms with van der Waals surface area (Å²) in [5, 5.41) is 6.88. The van der Waals surface area contributed by atoms with Crippen LogP contribution in [-0.2, 0) is 25.7 Å². The van der Waals surface area contributed by atoms with Gasteiger partial charge < -0.3 is 10.6 Å². The summed E-state index contributed by atoms with van der Waals surface area (Å²) >= 11 is 0. The molecule has 0 unspecified atom stereocenters. The maximum atomic E-state index is 4.65. The van der Waals surface area contributed by atoms with Crippen LogP contribution in [-0.4, -0.2) is 37.9 Å². The second-order valence-electron chi connectivity index (χ2n) is 10.6. The van der Waals surface area contributed by atoms with E-state index in [0.29, 0.717) is 0 Å². The first kappa shape index (κ1) is 30.7. The fourth-order valence-corrected chi connectivity index (χ4v) is 5.49. The van der Waals surface area contributed by atoms with Crippen LogP contribution in [0.3, 0.4) is 0 Å². The first-order chi connectivity index (χ1) is 18.0. The quantitative estimate of drug-likeness (QED) is 0.327. The zero-order chi connectivity index (χ0) is 25.6. The van der Waals surface area contributed by atoms with Crippen molar-refractivity contribution in [3.8, 4) is 0 Å². The second kappa shape index (κ2) is 14.5. The van der Waals surface area contributed by atoms with Gasteiger partial charge >= 0.3 is 0 Å². The molecule has 2 N–H and O–H groups in total. The van der Waals surface area contributed by atoms with E-state index in [1.165, 1.54) is 50.1 Å². The van der Waals surface area contributed by atoms with E-state index < -0.39 is 0 Å². The highest BCUT2D eigenvalue weighted by atomic mass is 35.5. The number of hydrogen-bond acceptors (Lipinski definition) is 4. The normalized spacial score (nSPS) is 14.6. The first-order valence-corrected chi connectivity index (χ1v) is 13.9. The average Bonchev–Trinajstić information content (AvgIpc) is 2.92. The number of aryl methyl sites for hydroxylation is 7. The maximum absolute atomic E-state index is 4.65. The number of nitrogens with one attached hydrogen (secondary N) is 2. The molecule has 2 aliphatic heterocycles. The Morgan fingerprint density at radius 3 is 1.44 bits per heavy atom. The molecule has 0 saturated carbocycles. The van der Waals surface area contributed by atoms with E-state index in [-0.39, 0.29) is 24.8 Å². The van der Waals surface area contributed by atoms with Crippen LogP contribution in [0.1, 0.15) is 62.9 Å². The minimum absolute atomic E-state index is 0. The van der Waals surface area contributed by atoms with Gasteiger partial charge in [0.05, 0.1) is 0 Å². The predicted octanol–water partition coefficient (Wildman–Crippen LogP) is 6.51. The van der Waals surface area contributed by atoms with Crippen molar-refractivity contribution < 1.29 is 0 Å². The smallest absolute Gasteiger partial charge is 0.128 e. The summed E-state index contributed by atoms with van der Waals surface area (Å²) in [5.41, 5.74) is 12.2. The van der Waals surface area contributed by atoms with Gasteiger partial charge in [0, 0.05) is 37.3 Å². The van der Waals surface area contributed by atoms with Crippen molar-refractivity contribution in [3.63, 3.8) is 0 Å². The molecule has 0 amide bonds. The van der Waals surface area contributed by atoms with E-state index in [2.05, 4.69) is 96.0 Å². The summed E-state index contributed by atoms with van der Waals surface area (Å²) in [6.45, 7) is 10.6. The molecule has 3 aromatic carbocycles. The van der Waals surface area contributed by atoms with Crippen LogP contribution in [0.5, 0.6) is 0 Å². The van der Waals surface area contributed by atoms with Gasteiger partial charge in [0.15, 0.2) is 0 Å². The monoisotopic (exact) mass is 564 g/mol. The summed E-state index contributed by atoms with van der Waals surface area (Å²) in [5.74, 6) is 2.10. The number of amidine groups is 2. The van der Waals surface area contributed by atoms with Crippen LogP contribution in [0.15, 0.2) is 64.6 Å². The van der Waals surface area contributed by atoms with E-state index in [0.717, 1.165) is 76.4 Å². The molecule has 4 nitrogen and oxygen atoms in total. The van der Waals surface area contributed by atoms with E-state index in [1.807, 2.05) is 0 Å². The Kier molecular flexibility index (Phi) is 11.4. The molecule has 0 aromatic heterocycles. The fourth-order valence-electron chi connectivity index (χ4n) is 5.49. The molecule has 2 heterocycles. The molecular weight excluding hydrogens is 523 g/mol. The van der Waals surface area contributed by atoms with Crippen molar-refractivity contribution in [1.29, 1.82) is 0 Å². The van der Waals surface area contributed by atoms with Crippen LogP contribution in [0.4, 0.5) is 0 Å². The van der Waals surface area contributed by atoms with Crippen LogP contribution in [0, 0.1) is 20.8 Å². The Hall–Kier alpha value is -2.82. The molecule has 208 valence electrons. The van der Waals surface area contributed by atoms with Gasteiger partial charge in [0.25, 0.3) is 0 Å². The van der Waals surface area contributed by atoms with Gasteiger partial charge in [-0.3, -0.25) is 9.98 Å². The molecular formula is C33H42Cl2N4. The van der Waals surface area contributed by atoms with Crippen molar-refractivity contribution in [2.24, 2.45) is 9.98 Å². The Balaban J connectivity index is 0.00000210. The van der Waals surface area contributed by atoms with Gasteiger partial charge in [-0.2, -0.15) is 0 Å². The maximum Gasteiger partial charge on any atom is 0.128 e. The first-order valence-electron chi connectivity index (χ1n) is 13.9. The third-order valence-electron chi connectivity index (χ3n) is 7.59. The third-order valence-corrected chi connectivity index (χ3v) is 7.59. The SMILES string of the molecule is Cc1cc(CCc2ccc(C3=NCCCN3)cc2C)cc(CCc2ccc(C3=NCCCN3)cc2C)c1.Cl.Cl. The number of hydrogen-bond donors (Lipinski definition) is 2. The van der Waals surface area contributed by atoms with Crippen molar-refractivity contribution in [2.75, 3.05) is 26.2 Å². The molecule has 2 aliphatic rings. The van der Waals surface area contributed by atoms with Gasteiger partial charge in [-0.05, 0) is 105 Å². The van der Waals surface area contributed by atoms with Gasteiger partial charge in [-0.25, -0.2) is 0 Å². The zero-order valence-electron chi connectivity index (χ0n) is 23.5. The Morgan fingerprint density at radius 1 is 0.590 bits per heavy atom. The standard InChI is InChI=1S/C33H40N4.2ClH/c1-23-18-26(6-8-28-10-12-30(20-24(28)2)32-34-14-4-15-35-32)22-27(19-23)7-9-29-11-13-31(21-25(29)3)33-36-16-5-17-37-33;;/h10-13,18-22H,4-9,14-17H2,1-3H3,(H,34,35)(H,36,37);2*1H. The van der Waals surface area contributed by atoms with Gasteiger partial charge in [-0.15, -0.1) is 24.8 Å². The van der Waals surface area contributed by atoms with Gasteiger partial charge in [0.2, 0.25) is 0 Å². The Morgan fingerprint density at radius 2 is 1.05 bits per heavy atom. The summed E-state index contributed by atoms with van der Waals surface area (Å²) in [6.07, 6.45) is 6.51. The topological polar surface area (TPSA) is 48.8 Å². The van der Waals surface area contributed by atoms with Crippen LogP contribution >= 0.6 is 24.8 Å². The molecule has 5 rings (SSSR count). The number of nitrogens with zero attached hydrogens (tertiary/aromatic N) is 2. The highest BCUT2D eigenvalue weighted by Crippen LogP contribution is 2.20. The van der Waals surface area contributed by atoms with Crippen molar-refractivity contribution >= 4 is 36.5 Å². The van der Waals surface area contributed by atoms with Gasteiger partial charge in [0.1, 0.15) is 11.7 Å². The summed E-state index contributed by atoms with van der Waals surface area (Å²) < 4.78 is 0. The molecule has 0 spiro atoms. The molecule has 0 fully saturated rings. The fraction of sp³-hybridized carbons (Fsp3) is 0.394. The van der Waals surface area contributed by atoms with Crippen molar-refractivity contribution in [2.45, 2.75) is 59.3 Å². The van der Waals surface area contributed by atoms with E-state index in [1.54, 1.807) is 0 Å². The number of benzene rings is 3. The van der Waals surface area contributed by atoms with E-state index >= 15 is 0 Å². The second-order valence-corrected chi connectivity index (χ2v) is 10.6. The number of aliphatic imine (C=N–C) groups is 2. The summed E-state index contributed by atoms with van der Waals surface area (Å²) in [7, 11) is 0. The molecule has 0 atom stereocenters. The summed E-state index contributed by atoms with van der Waals surface area (Å²) in [4.78, 5) is 9.30. The van der Waals surface area contributed by atoms with Crippen molar-refractivity contribution in [3.05, 3.63) is 105 Å². The molecule has 0 saturated heterocycles. The lowest BCUT2D eigenvalue weighted by Crippen LogP contribution is -2.30. The van der Waals surface area contributed by atoms with Gasteiger partial charge in [-0.1, -0.05) is 48.0 Å². The predicted molar refractivity (Wildman–Crippen MR) is 171 cm³/mol. The lowest BCUT2D eigenvalue weighted by atomic mass is 9.94. The molecule has 39 heavy (non-hydrogen) atoms. The van der Waals surface area contributed by atoms with Crippen molar-refractivity contribution in [1.82, 2.24) is 10.6 Å². The van der Waals surface area contributed by atoms with Crippen LogP contribution < -0.4 is 10.6 Å². The number of rotatable bonds is 8. The molecule has 0 aliphatic carbocycles. The lowest BCUT2D eigenvalue weighted by Gasteiger charge is -2.16. The van der Waals surface area contributed by atoms with Crippen LogP contribution in [0.2, 0.25) is 0 Å². The third kappa shape index (κ3) is 8.09. The van der Waals surface area contributed by atoms with E-state index in [4.69, 9.17) is 0 Å². The summed E-state index contributed by atoms with van der Waals surface area (Å²) in [6, 6.07) is 20.7. The minimum atomic E-state index is 0. The zero-order valence-corrected chi connectivity index (χ0v) is 25.1. The average molecular weight is 566 g/mol. The molecule has 0 bridgehead atoms.